The molecule has 0 aliphatic carbocycles. The van der Waals surface area contributed by atoms with Crippen LogP contribution < -0.4 is 10.6 Å². The van der Waals surface area contributed by atoms with Crippen molar-refractivity contribution in [2.75, 3.05) is 26.2 Å². The first-order valence-corrected chi connectivity index (χ1v) is 8.20. The lowest BCUT2D eigenvalue weighted by Gasteiger charge is -2.39. The molecule has 3 unspecified atom stereocenters. The minimum Gasteiger partial charge on any atom is -0.355 e. The monoisotopic (exact) mass is 283 g/mol. The molecule has 3 atom stereocenters. The van der Waals surface area contributed by atoms with Crippen molar-refractivity contribution in [2.24, 2.45) is 11.8 Å². The zero-order chi connectivity index (χ0) is 15.1. The summed E-state index contributed by atoms with van der Waals surface area (Å²) in [5.41, 5.74) is 0. The SMILES string of the molecule is CCNC1CCN(C(C)C(=O)NCCC(C)C)CC1C. The van der Waals surface area contributed by atoms with Crippen molar-refractivity contribution in [3.05, 3.63) is 0 Å². The van der Waals surface area contributed by atoms with Crippen LogP contribution in [0.25, 0.3) is 0 Å². The molecule has 2 N–H and O–H groups in total. The standard InChI is InChI=1S/C16H33N3O/c1-6-17-15-8-10-19(11-13(15)4)14(5)16(20)18-9-7-12(2)3/h12-15,17H,6-11H2,1-5H3,(H,18,20). The second-order valence-electron chi connectivity index (χ2n) is 6.57. The molecule has 4 heteroatoms. The van der Waals surface area contributed by atoms with E-state index in [0.717, 1.165) is 39.0 Å². The molecule has 20 heavy (non-hydrogen) atoms. The Labute approximate surface area is 124 Å². The van der Waals surface area contributed by atoms with Crippen molar-refractivity contribution in [2.45, 2.75) is 59.5 Å². The summed E-state index contributed by atoms with van der Waals surface area (Å²) in [6.45, 7) is 14.7. The second kappa shape index (κ2) is 8.63. The minimum atomic E-state index is -0.00723. The normalized spacial score (nSPS) is 25.7. The van der Waals surface area contributed by atoms with Crippen molar-refractivity contribution in [1.29, 1.82) is 0 Å². The van der Waals surface area contributed by atoms with Crippen molar-refractivity contribution >= 4 is 5.91 Å². The highest BCUT2D eigenvalue weighted by atomic mass is 16.2. The first-order chi connectivity index (χ1) is 9.45. The molecule has 1 saturated heterocycles. The van der Waals surface area contributed by atoms with Crippen LogP contribution in [0.4, 0.5) is 0 Å². The van der Waals surface area contributed by atoms with E-state index in [2.05, 4.69) is 43.2 Å². The van der Waals surface area contributed by atoms with E-state index in [1.54, 1.807) is 0 Å². The van der Waals surface area contributed by atoms with Crippen LogP contribution >= 0.6 is 0 Å². The summed E-state index contributed by atoms with van der Waals surface area (Å²) in [5.74, 6) is 1.43. The summed E-state index contributed by atoms with van der Waals surface area (Å²) in [4.78, 5) is 14.5. The number of piperidine rings is 1. The van der Waals surface area contributed by atoms with Crippen LogP contribution in [0.3, 0.4) is 0 Å². The van der Waals surface area contributed by atoms with E-state index in [0.29, 0.717) is 17.9 Å². The van der Waals surface area contributed by atoms with E-state index in [1.807, 2.05) is 6.92 Å². The topological polar surface area (TPSA) is 44.4 Å². The van der Waals surface area contributed by atoms with Gasteiger partial charge in [-0.15, -0.1) is 0 Å². The number of carbonyl (C=O) groups is 1. The predicted octanol–water partition coefficient (Wildman–Crippen LogP) is 1.86. The Morgan fingerprint density at radius 3 is 2.60 bits per heavy atom. The average molecular weight is 283 g/mol. The highest BCUT2D eigenvalue weighted by Crippen LogP contribution is 2.18. The number of likely N-dealkylation sites (tertiary alicyclic amines) is 1. The van der Waals surface area contributed by atoms with Crippen LogP contribution in [0.1, 0.15) is 47.5 Å². The Balaban J connectivity index is 2.36. The lowest BCUT2D eigenvalue weighted by molar-refractivity contribution is -0.126. The largest absolute Gasteiger partial charge is 0.355 e. The van der Waals surface area contributed by atoms with E-state index in [1.165, 1.54) is 0 Å². The van der Waals surface area contributed by atoms with Crippen LogP contribution in [-0.2, 0) is 4.79 Å². The van der Waals surface area contributed by atoms with Crippen molar-refractivity contribution in [1.82, 2.24) is 15.5 Å². The van der Waals surface area contributed by atoms with Gasteiger partial charge in [-0.2, -0.15) is 0 Å². The lowest BCUT2D eigenvalue weighted by atomic mass is 9.93. The van der Waals surface area contributed by atoms with Gasteiger partial charge in [-0.25, -0.2) is 0 Å². The van der Waals surface area contributed by atoms with E-state index in [9.17, 15) is 4.79 Å². The molecule has 0 radical (unpaired) electrons. The number of hydrogen-bond donors (Lipinski definition) is 2. The number of carbonyl (C=O) groups excluding carboxylic acids is 1. The molecular formula is C16H33N3O. The zero-order valence-corrected chi connectivity index (χ0v) is 13.9. The molecule has 1 fully saturated rings. The summed E-state index contributed by atoms with van der Waals surface area (Å²) in [5, 5.41) is 6.61. The molecule has 1 rings (SSSR count). The van der Waals surface area contributed by atoms with Crippen molar-refractivity contribution < 1.29 is 4.79 Å². The van der Waals surface area contributed by atoms with Gasteiger partial charge in [0.15, 0.2) is 0 Å². The smallest absolute Gasteiger partial charge is 0.237 e. The van der Waals surface area contributed by atoms with Gasteiger partial charge in [-0.05, 0) is 38.1 Å². The summed E-state index contributed by atoms with van der Waals surface area (Å²) < 4.78 is 0. The van der Waals surface area contributed by atoms with Gasteiger partial charge < -0.3 is 10.6 Å². The second-order valence-corrected chi connectivity index (χ2v) is 6.57. The first kappa shape index (κ1) is 17.4. The molecule has 118 valence electrons. The predicted molar refractivity (Wildman–Crippen MR) is 84.7 cm³/mol. The molecule has 4 nitrogen and oxygen atoms in total. The van der Waals surface area contributed by atoms with Gasteiger partial charge in [-0.1, -0.05) is 27.7 Å². The molecule has 1 heterocycles. The first-order valence-electron chi connectivity index (χ1n) is 8.20. The van der Waals surface area contributed by atoms with E-state index in [-0.39, 0.29) is 11.9 Å². The summed E-state index contributed by atoms with van der Waals surface area (Å²) in [6.07, 6.45) is 2.19. The molecule has 0 aromatic carbocycles. The Morgan fingerprint density at radius 2 is 2.05 bits per heavy atom. The van der Waals surface area contributed by atoms with Gasteiger partial charge in [0.1, 0.15) is 0 Å². The number of hydrogen-bond acceptors (Lipinski definition) is 3. The fourth-order valence-corrected chi connectivity index (χ4v) is 2.89. The summed E-state index contributed by atoms with van der Waals surface area (Å²) in [7, 11) is 0. The fraction of sp³-hybridized carbons (Fsp3) is 0.938. The van der Waals surface area contributed by atoms with Crippen LogP contribution in [-0.4, -0.2) is 49.1 Å². The summed E-state index contributed by atoms with van der Waals surface area (Å²) in [6, 6.07) is 0.597. The third kappa shape index (κ3) is 5.41. The maximum Gasteiger partial charge on any atom is 0.237 e. The molecule has 0 aromatic rings. The third-order valence-electron chi connectivity index (χ3n) is 4.35. The van der Waals surface area contributed by atoms with Crippen molar-refractivity contribution in [3.63, 3.8) is 0 Å². The van der Waals surface area contributed by atoms with E-state index in [4.69, 9.17) is 0 Å². The number of amides is 1. The third-order valence-corrected chi connectivity index (χ3v) is 4.35. The van der Waals surface area contributed by atoms with Crippen LogP contribution in [0.5, 0.6) is 0 Å². The Kier molecular flexibility index (Phi) is 7.52. The molecule has 1 amide bonds. The number of nitrogens with one attached hydrogen (secondary N) is 2. The summed E-state index contributed by atoms with van der Waals surface area (Å²) >= 11 is 0. The lowest BCUT2D eigenvalue weighted by Crippen LogP contribution is -2.54. The van der Waals surface area contributed by atoms with Gasteiger partial charge >= 0.3 is 0 Å². The Bertz CT molecular complexity index is 293. The maximum absolute atomic E-state index is 12.2. The molecule has 0 bridgehead atoms. The quantitative estimate of drug-likeness (QED) is 0.749. The van der Waals surface area contributed by atoms with Gasteiger partial charge in [0, 0.05) is 25.7 Å². The highest BCUT2D eigenvalue weighted by Gasteiger charge is 2.30. The fourth-order valence-electron chi connectivity index (χ4n) is 2.89. The number of rotatable bonds is 7. The van der Waals surface area contributed by atoms with Gasteiger partial charge in [0.25, 0.3) is 0 Å². The number of nitrogens with zero attached hydrogens (tertiary/aromatic N) is 1. The van der Waals surface area contributed by atoms with E-state index >= 15 is 0 Å². The molecule has 0 aromatic heterocycles. The van der Waals surface area contributed by atoms with E-state index < -0.39 is 0 Å². The molecular weight excluding hydrogens is 250 g/mol. The van der Waals surface area contributed by atoms with Gasteiger partial charge in [0.05, 0.1) is 6.04 Å². The van der Waals surface area contributed by atoms with Gasteiger partial charge in [0.2, 0.25) is 5.91 Å². The molecule has 1 aliphatic heterocycles. The molecule has 0 saturated carbocycles. The average Bonchev–Trinajstić information content (AvgIpc) is 2.40. The van der Waals surface area contributed by atoms with Crippen LogP contribution in [0.2, 0.25) is 0 Å². The maximum atomic E-state index is 12.2. The van der Waals surface area contributed by atoms with Crippen LogP contribution in [0.15, 0.2) is 0 Å². The molecule has 0 spiro atoms. The van der Waals surface area contributed by atoms with Crippen LogP contribution in [0, 0.1) is 11.8 Å². The van der Waals surface area contributed by atoms with Gasteiger partial charge in [-0.3, -0.25) is 9.69 Å². The minimum absolute atomic E-state index is 0.00723. The zero-order valence-electron chi connectivity index (χ0n) is 13.9. The molecule has 1 aliphatic rings. The Hall–Kier alpha value is -0.610. The van der Waals surface area contributed by atoms with Crippen molar-refractivity contribution in [3.8, 4) is 0 Å². The Morgan fingerprint density at radius 1 is 1.35 bits per heavy atom. The highest BCUT2D eigenvalue weighted by molar-refractivity contribution is 5.81.